The van der Waals surface area contributed by atoms with Crippen molar-refractivity contribution in [3.05, 3.63) is 47.9 Å². The summed E-state index contributed by atoms with van der Waals surface area (Å²) in [5, 5.41) is 12.7. The van der Waals surface area contributed by atoms with Crippen molar-refractivity contribution < 1.29 is 9.15 Å². The maximum absolute atomic E-state index is 6.18. The normalized spacial score (nSPS) is 15.3. The van der Waals surface area contributed by atoms with Crippen LogP contribution in [0, 0.1) is 6.92 Å². The highest BCUT2D eigenvalue weighted by atomic mass is 32.2. The smallest absolute Gasteiger partial charge is 0.247 e. The first-order valence-electron chi connectivity index (χ1n) is 9.21. The molecule has 1 aliphatic rings. The molecule has 1 aromatic carbocycles. The van der Waals surface area contributed by atoms with E-state index in [0.29, 0.717) is 22.5 Å². The Labute approximate surface area is 162 Å². The molecule has 0 amide bonds. The van der Waals surface area contributed by atoms with Crippen molar-refractivity contribution in [2.24, 2.45) is 0 Å². The van der Waals surface area contributed by atoms with Gasteiger partial charge in [0.25, 0.3) is 0 Å². The zero-order valence-electron chi connectivity index (χ0n) is 15.4. The van der Waals surface area contributed by atoms with Gasteiger partial charge in [0.05, 0.1) is 0 Å². The number of hydrogen-bond acceptors (Lipinski definition) is 7. The number of nitrogens with zero attached hydrogens (tertiary/aromatic N) is 3. The van der Waals surface area contributed by atoms with Gasteiger partial charge in [-0.05, 0) is 31.5 Å². The largest absolute Gasteiger partial charge is 0.460 e. The summed E-state index contributed by atoms with van der Waals surface area (Å²) in [6.07, 6.45) is 3.07. The van der Waals surface area contributed by atoms with Crippen LogP contribution in [-0.2, 0) is 0 Å². The van der Waals surface area contributed by atoms with Crippen molar-refractivity contribution in [1.82, 2.24) is 15.2 Å². The minimum Gasteiger partial charge on any atom is -0.460 e. The monoisotopic (exact) mass is 382 g/mol. The fourth-order valence-corrected chi connectivity index (χ4v) is 3.72. The Hall–Kier alpha value is -2.54. The Bertz CT molecular complexity index is 928. The molecule has 0 saturated carbocycles. The summed E-state index contributed by atoms with van der Waals surface area (Å²) in [6, 6.07) is 11.8. The number of hydrogen-bond donors (Lipinski definition) is 1. The summed E-state index contributed by atoms with van der Waals surface area (Å²) in [4.78, 5) is 4.64. The molecule has 140 valence electrons. The van der Waals surface area contributed by atoms with Crippen LogP contribution in [0.25, 0.3) is 11.3 Å². The minimum absolute atomic E-state index is 0.472. The molecular formula is C20H22N4O2S. The summed E-state index contributed by atoms with van der Waals surface area (Å²) in [5.41, 5.74) is 2.47. The molecule has 1 aliphatic heterocycles. The molecule has 7 heteroatoms. The van der Waals surface area contributed by atoms with Gasteiger partial charge in [-0.2, -0.15) is 4.98 Å². The van der Waals surface area contributed by atoms with Crippen LogP contribution in [0.4, 0.5) is 5.69 Å². The van der Waals surface area contributed by atoms with Crippen molar-refractivity contribution in [3.63, 3.8) is 0 Å². The van der Waals surface area contributed by atoms with Crippen molar-refractivity contribution in [1.29, 1.82) is 0 Å². The van der Waals surface area contributed by atoms with Gasteiger partial charge in [-0.1, -0.05) is 49.7 Å². The Morgan fingerprint density at radius 1 is 1.11 bits per heavy atom. The summed E-state index contributed by atoms with van der Waals surface area (Å²) in [6.45, 7) is 4.11. The lowest BCUT2D eigenvalue weighted by Crippen LogP contribution is -2.16. The predicted molar refractivity (Wildman–Crippen MR) is 106 cm³/mol. The first-order chi connectivity index (χ1) is 13.2. The fraction of sp³-hybridized carbons (Fsp3) is 0.350. The molecule has 0 bridgehead atoms. The minimum atomic E-state index is -0.476. The Balaban J connectivity index is 1.67. The standard InChI is InChI=1S/C20H22N4O2S/c1-3-4-7-12-27-20-22-19-17(23-24-20)14-8-5-6-9-15(14)21-18(26-19)16-11-10-13(2)25-16/h5-6,8-11,18,21H,3-4,7,12H2,1-2H3. The Morgan fingerprint density at radius 2 is 2.00 bits per heavy atom. The van der Waals surface area contributed by atoms with Crippen LogP contribution >= 0.6 is 11.8 Å². The molecule has 3 heterocycles. The molecule has 0 fully saturated rings. The number of thioether (sulfide) groups is 1. The van der Waals surface area contributed by atoms with Crippen LogP contribution in [0.2, 0.25) is 0 Å². The molecule has 1 atom stereocenters. The van der Waals surface area contributed by atoms with E-state index in [1.807, 2.05) is 43.3 Å². The van der Waals surface area contributed by atoms with E-state index >= 15 is 0 Å². The lowest BCUT2D eigenvalue weighted by atomic mass is 10.1. The first-order valence-corrected chi connectivity index (χ1v) is 10.2. The summed E-state index contributed by atoms with van der Waals surface area (Å²) in [7, 11) is 0. The first kappa shape index (κ1) is 17.9. The molecule has 27 heavy (non-hydrogen) atoms. The SMILES string of the molecule is CCCCCSc1nnc2c(n1)OC(c1ccc(C)o1)Nc1ccccc1-2. The number of unbranched alkanes of at least 4 members (excludes halogenated alkanes) is 2. The number of para-hydroxylation sites is 1. The van der Waals surface area contributed by atoms with E-state index in [2.05, 4.69) is 27.4 Å². The summed E-state index contributed by atoms with van der Waals surface area (Å²) < 4.78 is 11.9. The molecule has 0 aliphatic carbocycles. The topological polar surface area (TPSA) is 73.1 Å². The van der Waals surface area contributed by atoms with E-state index in [1.54, 1.807) is 11.8 Å². The van der Waals surface area contributed by atoms with E-state index in [0.717, 1.165) is 29.2 Å². The fourth-order valence-electron chi connectivity index (χ4n) is 2.95. The molecule has 0 saturated heterocycles. The number of aromatic nitrogens is 3. The second kappa shape index (κ2) is 8.00. The number of rotatable bonds is 6. The van der Waals surface area contributed by atoms with E-state index in [9.17, 15) is 0 Å². The van der Waals surface area contributed by atoms with E-state index in [1.165, 1.54) is 12.8 Å². The molecule has 1 N–H and O–H groups in total. The Morgan fingerprint density at radius 3 is 2.81 bits per heavy atom. The van der Waals surface area contributed by atoms with Gasteiger partial charge in [0.2, 0.25) is 17.3 Å². The molecule has 6 nitrogen and oxygen atoms in total. The van der Waals surface area contributed by atoms with Gasteiger partial charge < -0.3 is 14.5 Å². The second-order valence-corrected chi connectivity index (χ2v) is 7.50. The third-order valence-corrected chi connectivity index (χ3v) is 5.26. The van der Waals surface area contributed by atoms with Crippen LogP contribution in [0.15, 0.2) is 46.0 Å². The van der Waals surface area contributed by atoms with E-state index in [4.69, 9.17) is 9.15 Å². The van der Waals surface area contributed by atoms with E-state index < -0.39 is 6.23 Å². The van der Waals surface area contributed by atoms with Crippen LogP contribution in [0.3, 0.4) is 0 Å². The van der Waals surface area contributed by atoms with Crippen LogP contribution < -0.4 is 10.1 Å². The third-order valence-electron chi connectivity index (χ3n) is 4.33. The number of aryl methyl sites for hydroxylation is 1. The Kier molecular flexibility index (Phi) is 5.29. The summed E-state index contributed by atoms with van der Waals surface area (Å²) >= 11 is 1.61. The molecule has 3 aromatic rings. The molecule has 1 unspecified atom stereocenters. The van der Waals surface area contributed by atoms with Gasteiger partial charge in [0, 0.05) is 17.0 Å². The highest BCUT2D eigenvalue weighted by Gasteiger charge is 2.27. The predicted octanol–water partition coefficient (Wildman–Crippen LogP) is 5.23. The number of nitrogens with one attached hydrogen (secondary N) is 1. The maximum Gasteiger partial charge on any atom is 0.247 e. The number of ether oxygens (including phenoxy) is 1. The molecule has 0 radical (unpaired) electrons. The van der Waals surface area contributed by atoms with Gasteiger partial charge in [0.1, 0.15) is 5.76 Å². The average Bonchev–Trinajstić information content (AvgIpc) is 3.04. The highest BCUT2D eigenvalue weighted by molar-refractivity contribution is 7.99. The maximum atomic E-state index is 6.18. The molecule has 0 spiro atoms. The zero-order chi connectivity index (χ0) is 18.6. The number of furan rings is 1. The quantitative estimate of drug-likeness (QED) is 0.462. The number of benzene rings is 1. The van der Waals surface area contributed by atoms with Gasteiger partial charge >= 0.3 is 0 Å². The number of fused-ring (bicyclic) bond motifs is 3. The molecule has 2 aromatic heterocycles. The average molecular weight is 382 g/mol. The van der Waals surface area contributed by atoms with Crippen LogP contribution in [0.1, 0.15) is 43.9 Å². The van der Waals surface area contributed by atoms with Gasteiger partial charge in [-0.15, -0.1) is 10.2 Å². The van der Waals surface area contributed by atoms with Crippen LogP contribution in [0.5, 0.6) is 5.88 Å². The lowest BCUT2D eigenvalue weighted by Gasteiger charge is -2.16. The van der Waals surface area contributed by atoms with Crippen LogP contribution in [-0.4, -0.2) is 20.9 Å². The van der Waals surface area contributed by atoms with Crippen molar-refractivity contribution >= 4 is 17.4 Å². The van der Waals surface area contributed by atoms with Gasteiger partial charge in [-0.3, -0.25) is 0 Å². The van der Waals surface area contributed by atoms with Crippen molar-refractivity contribution in [3.8, 4) is 17.1 Å². The van der Waals surface area contributed by atoms with Gasteiger partial charge in [0.15, 0.2) is 11.5 Å². The highest BCUT2D eigenvalue weighted by Crippen LogP contribution is 2.39. The lowest BCUT2D eigenvalue weighted by molar-refractivity contribution is 0.194. The molecule has 4 rings (SSSR count). The summed E-state index contributed by atoms with van der Waals surface area (Å²) in [5.74, 6) is 2.98. The van der Waals surface area contributed by atoms with Gasteiger partial charge in [-0.25, -0.2) is 0 Å². The number of anilines is 1. The van der Waals surface area contributed by atoms with Crippen molar-refractivity contribution in [2.75, 3.05) is 11.1 Å². The third kappa shape index (κ3) is 3.93. The second-order valence-electron chi connectivity index (χ2n) is 6.44. The van der Waals surface area contributed by atoms with Crippen molar-refractivity contribution in [2.45, 2.75) is 44.5 Å². The zero-order valence-corrected chi connectivity index (χ0v) is 16.3. The molecular weight excluding hydrogens is 360 g/mol. The van der Waals surface area contributed by atoms with E-state index in [-0.39, 0.29) is 0 Å².